The first-order valence-electron chi connectivity index (χ1n) is 7.59. The van der Waals surface area contributed by atoms with Crippen molar-refractivity contribution in [3.8, 4) is 17.1 Å². The number of nitrogens with one attached hydrogen (secondary N) is 1. The van der Waals surface area contributed by atoms with Gasteiger partial charge in [0.2, 0.25) is 0 Å². The van der Waals surface area contributed by atoms with Crippen molar-refractivity contribution in [3.05, 3.63) is 51.7 Å². The molecule has 0 saturated heterocycles. The molecule has 6 nitrogen and oxygen atoms in total. The highest BCUT2D eigenvalue weighted by molar-refractivity contribution is 5.95. The van der Waals surface area contributed by atoms with Crippen LogP contribution in [0.2, 0.25) is 0 Å². The number of aromatic amines is 1. The average Bonchev–Trinajstić information content (AvgIpc) is 2.97. The standard InChI is InChI=1S/C17H19N3O3/c1-4-10(2)14-16(21)19(3)15(17(22)20(14)23)12-9-18-13-8-6-5-7-11(12)13/h5-10,18,22H,4H2,1-3H3. The number of benzene rings is 1. The number of fused-ring (bicyclic) bond motifs is 1. The van der Waals surface area contributed by atoms with E-state index in [0.29, 0.717) is 16.7 Å². The number of nitrogens with zero attached hydrogens (tertiary/aromatic N) is 2. The molecule has 3 aromatic rings. The van der Waals surface area contributed by atoms with Gasteiger partial charge in [0.05, 0.1) is 0 Å². The number of para-hydroxylation sites is 1. The van der Waals surface area contributed by atoms with Crippen LogP contribution < -0.4 is 10.3 Å². The first-order chi connectivity index (χ1) is 11.0. The molecule has 0 spiro atoms. The van der Waals surface area contributed by atoms with Crippen LogP contribution in [-0.4, -0.2) is 14.7 Å². The number of hydrogen-bond donors (Lipinski definition) is 2. The van der Waals surface area contributed by atoms with Gasteiger partial charge in [-0.1, -0.05) is 32.0 Å². The predicted molar refractivity (Wildman–Crippen MR) is 88.3 cm³/mol. The fourth-order valence-corrected chi connectivity index (χ4v) is 2.89. The second kappa shape index (κ2) is 5.46. The van der Waals surface area contributed by atoms with Gasteiger partial charge in [-0.3, -0.25) is 9.36 Å². The lowest BCUT2D eigenvalue weighted by atomic mass is 10.0. The van der Waals surface area contributed by atoms with Crippen molar-refractivity contribution in [2.75, 3.05) is 0 Å². The fraction of sp³-hybridized carbons (Fsp3) is 0.294. The van der Waals surface area contributed by atoms with Crippen LogP contribution in [0.3, 0.4) is 0 Å². The fourth-order valence-electron chi connectivity index (χ4n) is 2.89. The van der Waals surface area contributed by atoms with Crippen LogP contribution in [0, 0.1) is 5.21 Å². The molecule has 0 fully saturated rings. The van der Waals surface area contributed by atoms with Gasteiger partial charge in [0.1, 0.15) is 0 Å². The lowest BCUT2D eigenvalue weighted by Crippen LogP contribution is -2.44. The third kappa shape index (κ3) is 2.18. The van der Waals surface area contributed by atoms with Crippen molar-refractivity contribution in [1.82, 2.24) is 9.55 Å². The molecule has 1 aromatic carbocycles. The number of rotatable bonds is 3. The molecule has 23 heavy (non-hydrogen) atoms. The van der Waals surface area contributed by atoms with E-state index in [1.54, 1.807) is 20.2 Å². The van der Waals surface area contributed by atoms with Gasteiger partial charge in [0.15, 0.2) is 5.69 Å². The summed E-state index contributed by atoms with van der Waals surface area (Å²) in [5, 5.41) is 23.7. The van der Waals surface area contributed by atoms with Crippen molar-refractivity contribution in [2.24, 2.45) is 7.05 Å². The quantitative estimate of drug-likeness (QED) is 0.575. The van der Waals surface area contributed by atoms with Crippen LogP contribution in [0.5, 0.6) is 5.88 Å². The highest BCUT2D eigenvalue weighted by Gasteiger charge is 2.29. The minimum absolute atomic E-state index is 0.0658. The van der Waals surface area contributed by atoms with Crippen molar-refractivity contribution in [1.29, 1.82) is 0 Å². The Morgan fingerprint density at radius 1 is 1.39 bits per heavy atom. The second-order valence-corrected chi connectivity index (χ2v) is 5.77. The average molecular weight is 313 g/mol. The molecule has 0 amide bonds. The van der Waals surface area contributed by atoms with Crippen LogP contribution in [-0.2, 0) is 7.05 Å². The first kappa shape index (κ1) is 15.1. The number of aromatic nitrogens is 3. The molecule has 0 aliphatic rings. The maximum absolute atomic E-state index is 12.6. The molecule has 2 aromatic heterocycles. The molecule has 120 valence electrons. The van der Waals surface area contributed by atoms with Crippen molar-refractivity contribution in [3.63, 3.8) is 0 Å². The van der Waals surface area contributed by atoms with E-state index >= 15 is 0 Å². The van der Waals surface area contributed by atoms with E-state index in [-0.39, 0.29) is 22.9 Å². The molecule has 2 N–H and O–H groups in total. The Labute approximate surface area is 133 Å². The lowest BCUT2D eigenvalue weighted by molar-refractivity contribution is -0.624. The van der Waals surface area contributed by atoms with Crippen LogP contribution in [0.1, 0.15) is 31.9 Å². The van der Waals surface area contributed by atoms with E-state index in [1.807, 2.05) is 31.2 Å². The highest BCUT2D eigenvalue weighted by Crippen LogP contribution is 2.32. The van der Waals surface area contributed by atoms with Gasteiger partial charge in [0.25, 0.3) is 5.69 Å². The Morgan fingerprint density at radius 2 is 2.09 bits per heavy atom. The topological polar surface area (TPSA) is 85.0 Å². The molecule has 0 aliphatic carbocycles. The van der Waals surface area contributed by atoms with Gasteiger partial charge < -0.3 is 15.3 Å². The summed E-state index contributed by atoms with van der Waals surface area (Å²) in [5.74, 6) is -0.679. The number of hydrogen-bond acceptors (Lipinski definition) is 3. The molecular formula is C17H19N3O3. The van der Waals surface area contributed by atoms with Gasteiger partial charge in [-0.15, -0.1) is 4.73 Å². The Balaban J connectivity index is 2.36. The highest BCUT2D eigenvalue weighted by atomic mass is 16.5. The zero-order valence-electron chi connectivity index (χ0n) is 13.3. The Kier molecular flexibility index (Phi) is 3.60. The summed E-state index contributed by atoms with van der Waals surface area (Å²) in [5.41, 5.74) is 1.40. The van der Waals surface area contributed by atoms with Crippen LogP contribution in [0.4, 0.5) is 0 Å². The van der Waals surface area contributed by atoms with Crippen molar-refractivity contribution in [2.45, 2.75) is 26.2 Å². The van der Waals surface area contributed by atoms with Crippen molar-refractivity contribution < 1.29 is 9.84 Å². The Hall–Kier alpha value is -2.76. The van der Waals surface area contributed by atoms with E-state index in [0.717, 1.165) is 10.9 Å². The zero-order valence-corrected chi connectivity index (χ0v) is 13.3. The largest absolute Gasteiger partial charge is 0.616 e. The molecule has 0 radical (unpaired) electrons. The summed E-state index contributed by atoms with van der Waals surface area (Å²) < 4.78 is 1.72. The zero-order chi connectivity index (χ0) is 16.7. The molecule has 0 bridgehead atoms. The summed E-state index contributed by atoms with van der Waals surface area (Å²) in [4.78, 5) is 15.7. The van der Waals surface area contributed by atoms with Crippen LogP contribution in [0.25, 0.3) is 22.2 Å². The summed E-state index contributed by atoms with van der Waals surface area (Å²) in [6.45, 7) is 3.70. The monoisotopic (exact) mass is 313 g/mol. The Bertz CT molecular complexity index is 940. The maximum atomic E-state index is 12.6. The molecule has 0 aliphatic heterocycles. The van der Waals surface area contributed by atoms with E-state index in [4.69, 9.17) is 0 Å². The van der Waals surface area contributed by atoms with Gasteiger partial charge in [-0.2, -0.15) is 0 Å². The SMILES string of the molecule is CCC(C)c1c(=O)n(C)c(-c2c[nH]c3ccccc23)c(O)[n+]1[O-]. The molecule has 3 rings (SSSR count). The summed E-state index contributed by atoms with van der Waals surface area (Å²) in [7, 11) is 1.57. The molecule has 1 atom stereocenters. The molecular weight excluding hydrogens is 294 g/mol. The van der Waals surface area contributed by atoms with E-state index in [1.165, 1.54) is 4.57 Å². The summed E-state index contributed by atoms with van der Waals surface area (Å²) >= 11 is 0. The lowest BCUT2D eigenvalue weighted by Gasteiger charge is -2.15. The van der Waals surface area contributed by atoms with Crippen LogP contribution >= 0.6 is 0 Å². The number of H-pyrrole nitrogens is 1. The number of aromatic hydroxyl groups is 1. The minimum Gasteiger partial charge on any atom is -0.616 e. The normalized spacial score (nSPS) is 12.7. The van der Waals surface area contributed by atoms with E-state index in [9.17, 15) is 15.1 Å². The van der Waals surface area contributed by atoms with E-state index in [2.05, 4.69) is 4.98 Å². The minimum atomic E-state index is -0.452. The predicted octanol–water partition coefficient (Wildman–Crippen LogP) is 2.39. The molecule has 1 unspecified atom stereocenters. The molecule has 0 saturated carbocycles. The Morgan fingerprint density at radius 3 is 2.78 bits per heavy atom. The third-order valence-electron chi connectivity index (χ3n) is 4.41. The van der Waals surface area contributed by atoms with E-state index < -0.39 is 5.88 Å². The molecule has 6 heteroatoms. The summed E-state index contributed by atoms with van der Waals surface area (Å²) in [6.07, 6.45) is 2.34. The third-order valence-corrected chi connectivity index (χ3v) is 4.41. The van der Waals surface area contributed by atoms with Gasteiger partial charge in [0, 0.05) is 35.6 Å². The second-order valence-electron chi connectivity index (χ2n) is 5.77. The summed E-state index contributed by atoms with van der Waals surface area (Å²) in [6, 6.07) is 7.53. The van der Waals surface area contributed by atoms with Crippen LogP contribution in [0.15, 0.2) is 35.3 Å². The van der Waals surface area contributed by atoms with Crippen molar-refractivity contribution >= 4 is 10.9 Å². The van der Waals surface area contributed by atoms with Gasteiger partial charge >= 0.3 is 11.4 Å². The first-order valence-corrected chi connectivity index (χ1v) is 7.59. The molecule has 2 heterocycles. The van der Waals surface area contributed by atoms with Gasteiger partial charge in [-0.05, 0) is 12.5 Å². The maximum Gasteiger partial charge on any atom is 0.402 e. The smallest absolute Gasteiger partial charge is 0.402 e. The van der Waals surface area contributed by atoms with Gasteiger partial charge in [-0.25, -0.2) is 0 Å².